The minimum Gasteiger partial charge on any atom is -0.464 e. The molecule has 0 radical (unpaired) electrons. The number of hydrogen-bond acceptors (Lipinski definition) is 8. The number of furan rings is 1. The van der Waals surface area contributed by atoms with Gasteiger partial charge in [0.2, 0.25) is 16.8 Å². The molecule has 1 aromatic heterocycles. The zero-order valence-corrected chi connectivity index (χ0v) is 17.6. The van der Waals surface area contributed by atoms with Gasteiger partial charge in [0, 0.05) is 19.0 Å². The van der Waals surface area contributed by atoms with Crippen molar-refractivity contribution in [2.24, 2.45) is 11.8 Å². The van der Waals surface area contributed by atoms with E-state index >= 15 is 0 Å². The van der Waals surface area contributed by atoms with Crippen LogP contribution in [-0.2, 0) is 29.1 Å². The minimum absolute atomic E-state index is 0.127. The maximum atomic E-state index is 12.7. The Balaban J connectivity index is 1.47. The highest BCUT2D eigenvalue weighted by Gasteiger charge is 2.34. The van der Waals surface area contributed by atoms with Crippen molar-refractivity contribution in [3.63, 3.8) is 0 Å². The Bertz CT molecular complexity index is 882. The van der Waals surface area contributed by atoms with Gasteiger partial charge >= 0.3 is 11.9 Å². The Labute approximate surface area is 174 Å². The van der Waals surface area contributed by atoms with E-state index in [0.717, 1.165) is 12.8 Å². The summed E-state index contributed by atoms with van der Waals surface area (Å²) in [5.74, 6) is -1.61. The molecule has 1 N–H and O–H groups in total. The second-order valence-electron chi connectivity index (χ2n) is 7.36. The molecule has 2 aliphatic rings. The zero-order chi connectivity index (χ0) is 21.7. The molecule has 1 amide bonds. The first kappa shape index (κ1) is 22.3. The van der Waals surface area contributed by atoms with Gasteiger partial charge in [-0.25, -0.2) is 13.2 Å². The van der Waals surface area contributed by atoms with E-state index in [4.69, 9.17) is 13.9 Å². The van der Waals surface area contributed by atoms with E-state index in [0.29, 0.717) is 25.4 Å². The van der Waals surface area contributed by atoms with E-state index in [-0.39, 0.29) is 48.9 Å². The van der Waals surface area contributed by atoms with Gasteiger partial charge in [0.25, 0.3) is 10.0 Å². The van der Waals surface area contributed by atoms with Crippen molar-refractivity contribution in [1.82, 2.24) is 9.62 Å². The number of esters is 2. The first-order valence-electron chi connectivity index (χ1n) is 10.0. The Morgan fingerprint density at radius 2 is 1.83 bits per heavy atom. The van der Waals surface area contributed by atoms with Crippen LogP contribution in [0.4, 0.5) is 0 Å². The lowest BCUT2D eigenvalue weighted by Crippen LogP contribution is -2.44. The molecule has 166 valence electrons. The Morgan fingerprint density at radius 1 is 1.13 bits per heavy atom. The summed E-state index contributed by atoms with van der Waals surface area (Å²) in [5, 5.41) is 2.22. The highest BCUT2D eigenvalue weighted by molar-refractivity contribution is 7.89. The number of rotatable bonds is 9. The smallest absolute Gasteiger partial charge is 0.374 e. The van der Waals surface area contributed by atoms with Crippen molar-refractivity contribution in [2.75, 3.05) is 32.8 Å². The van der Waals surface area contributed by atoms with Crippen LogP contribution in [0.3, 0.4) is 0 Å². The van der Waals surface area contributed by atoms with Crippen LogP contribution in [0, 0.1) is 11.8 Å². The minimum atomic E-state index is -3.92. The molecule has 1 aliphatic heterocycles. The largest absolute Gasteiger partial charge is 0.464 e. The van der Waals surface area contributed by atoms with Crippen LogP contribution in [0.2, 0.25) is 0 Å². The van der Waals surface area contributed by atoms with Gasteiger partial charge in [0.1, 0.15) is 6.54 Å². The maximum absolute atomic E-state index is 12.7. The topological polar surface area (TPSA) is 132 Å². The van der Waals surface area contributed by atoms with Crippen LogP contribution in [0.25, 0.3) is 0 Å². The van der Waals surface area contributed by atoms with Crippen molar-refractivity contribution in [2.45, 2.75) is 37.7 Å². The molecule has 0 bridgehead atoms. The summed E-state index contributed by atoms with van der Waals surface area (Å²) in [4.78, 5) is 35.6. The van der Waals surface area contributed by atoms with E-state index in [9.17, 15) is 22.8 Å². The monoisotopic (exact) mass is 442 g/mol. The predicted octanol–water partition coefficient (Wildman–Crippen LogP) is 0.926. The van der Waals surface area contributed by atoms with Gasteiger partial charge in [-0.2, -0.15) is 4.31 Å². The molecule has 0 spiro atoms. The molecule has 0 unspecified atom stereocenters. The standard InChI is InChI=1S/C19H26N2O8S/c1-2-27-19(24)15-5-6-17(29-15)30(25,26)21-9-7-14(8-10-21)18(23)20-11-16(22)28-12-13-3-4-13/h5-6,13-14H,2-4,7-12H2,1H3,(H,20,23). The summed E-state index contributed by atoms with van der Waals surface area (Å²) in [6.45, 7) is 2.25. The van der Waals surface area contributed by atoms with Crippen molar-refractivity contribution < 1.29 is 36.7 Å². The quantitative estimate of drug-likeness (QED) is 0.559. The van der Waals surface area contributed by atoms with Gasteiger partial charge in [-0.15, -0.1) is 0 Å². The maximum Gasteiger partial charge on any atom is 0.374 e. The summed E-state index contributed by atoms with van der Waals surface area (Å²) in [7, 11) is -3.92. The van der Waals surface area contributed by atoms with Gasteiger partial charge < -0.3 is 19.2 Å². The molecule has 1 aromatic rings. The SMILES string of the molecule is CCOC(=O)c1ccc(S(=O)(=O)N2CCC(C(=O)NCC(=O)OCC3CC3)CC2)o1. The first-order chi connectivity index (χ1) is 14.3. The zero-order valence-electron chi connectivity index (χ0n) is 16.8. The third-order valence-electron chi connectivity index (χ3n) is 5.06. The van der Waals surface area contributed by atoms with Gasteiger partial charge in [-0.1, -0.05) is 0 Å². The molecule has 1 saturated heterocycles. The van der Waals surface area contributed by atoms with Crippen LogP contribution in [-0.4, -0.2) is 63.4 Å². The summed E-state index contributed by atoms with van der Waals surface area (Å²) >= 11 is 0. The fourth-order valence-corrected chi connectivity index (χ4v) is 4.49. The molecule has 0 aromatic carbocycles. The van der Waals surface area contributed by atoms with Gasteiger partial charge in [-0.3, -0.25) is 9.59 Å². The highest BCUT2D eigenvalue weighted by atomic mass is 32.2. The van der Waals surface area contributed by atoms with E-state index in [1.54, 1.807) is 6.92 Å². The number of amides is 1. The van der Waals surface area contributed by atoms with Gasteiger partial charge in [-0.05, 0) is 50.7 Å². The van der Waals surface area contributed by atoms with Gasteiger partial charge in [0.05, 0.1) is 13.2 Å². The second kappa shape index (κ2) is 9.61. The number of nitrogens with one attached hydrogen (secondary N) is 1. The fourth-order valence-electron chi connectivity index (χ4n) is 3.11. The first-order valence-corrected chi connectivity index (χ1v) is 11.5. The molecular weight excluding hydrogens is 416 g/mol. The predicted molar refractivity (Wildman–Crippen MR) is 103 cm³/mol. The third-order valence-corrected chi connectivity index (χ3v) is 6.83. The summed E-state index contributed by atoms with van der Waals surface area (Å²) in [5.41, 5.74) is 0. The second-order valence-corrected chi connectivity index (χ2v) is 9.23. The lowest BCUT2D eigenvalue weighted by molar-refractivity contribution is -0.144. The Morgan fingerprint density at radius 3 is 2.47 bits per heavy atom. The number of sulfonamides is 1. The molecule has 2 fully saturated rings. The van der Waals surface area contributed by atoms with Crippen molar-refractivity contribution in [3.05, 3.63) is 17.9 Å². The average Bonchev–Trinajstić information content (AvgIpc) is 3.43. The molecule has 3 rings (SSSR count). The summed E-state index contributed by atoms with van der Waals surface area (Å²) in [6.07, 6.45) is 2.77. The normalized spacial score (nSPS) is 18.0. The Hall–Kier alpha value is -2.40. The molecule has 10 nitrogen and oxygen atoms in total. The number of hydrogen-bond donors (Lipinski definition) is 1. The number of carbonyl (C=O) groups excluding carboxylic acids is 3. The Kier molecular flexibility index (Phi) is 7.14. The van der Waals surface area contributed by atoms with E-state index < -0.39 is 22.0 Å². The van der Waals surface area contributed by atoms with Crippen LogP contribution in [0.1, 0.15) is 43.2 Å². The number of carbonyl (C=O) groups is 3. The van der Waals surface area contributed by atoms with Crippen LogP contribution >= 0.6 is 0 Å². The summed E-state index contributed by atoms with van der Waals surface area (Å²) < 4.78 is 41.7. The molecule has 0 atom stereocenters. The number of nitrogens with zero attached hydrogens (tertiary/aromatic N) is 1. The number of ether oxygens (including phenoxy) is 2. The molecule has 1 aliphatic carbocycles. The van der Waals surface area contributed by atoms with Crippen LogP contribution < -0.4 is 5.32 Å². The lowest BCUT2D eigenvalue weighted by Gasteiger charge is -2.29. The summed E-state index contributed by atoms with van der Waals surface area (Å²) in [6, 6.07) is 2.47. The van der Waals surface area contributed by atoms with Crippen molar-refractivity contribution in [1.29, 1.82) is 0 Å². The van der Waals surface area contributed by atoms with E-state index in [2.05, 4.69) is 5.32 Å². The lowest BCUT2D eigenvalue weighted by atomic mass is 9.97. The van der Waals surface area contributed by atoms with Crippen LogP contribution in [0.15, 0.2) is 21.6 Å². The third kappa shape index (κ3) is 5.60. The van der Waals surface area contributed by atoms with Crippen molar-refractivity contribution >= 4 is 27.9 Å². The highest BCUT2D eigenvalue weighted by Crippen LogP contribution is 2.29. The molecule has 11 heteroatoms. The van der Waals surface area contributed by atoms with E-state index in [1.807, 2.05) is 0 Å². The molecule has 1 saturated carbocycles. The molecule has 2 heterocycles. The number of piperidine rings is 1. The molecule has 30 heavy (non-hydrogen) atoms. The van der Waals surface area contributed by atoms with Gasteiger partial charge in [0.15, 0.2) is 0 Å². The van der Waals surface area contributed by atoms with E-state index in [1.165, 1.54) is 16.4 Å². The average molecular weight is 442 g/mol. The molecular formula is C19H26N2O8S. The fraction of sp³-hybridized carbons (Fsp3) is 0.632. The van der Waals surface area contributed by atoms with Crippen LogP contribution in [0.5, 0.6) is 0 Å². The van der Waals surface area contributed by atoms with Crippen molar-refractivity contribution in [3.8, 4) is 0 Å².